The van der Waals surface area contributed by atoms with Gasteiger partial charge < -0.3 is 4.74 Å². The highest BCUT2D eigenvalue weighted by molar-refractivity contribution is 5.80. The van der Waals surface area contributed by atoms with Crippen molar-refractivity contribution in [3.05, 3.63) is 70.8 Å². The molecule has 1 atom stereocenters. The third-order valence-corrected chi connectivity index (χ3v) is 6.10. The van der Waals surface area contributed by atoms with Gasteiger partial charge in [0.1, 0.15) is 0 Å². The zero-order chi connectivity index (χ0) is 19.7. The third kappa shape index (κ3) is 4.04. The lowest BCUT2D eigenvalue weighted by Crippen LogP contribution is -2.46. The first-order valence-electron chi connectivity index (χ1n) is 10.3. The fourth-order valence-electron chi connectivity index (χ4n) is 4.32. The van der Waals surface area contributed by atoms with Crippen LogP contribution in [0.3, 0.4) is 0 Å². The minimum Gasteiger partial charge on any atom is -0.377 e. The van der Waals surface area contributed by atoms with Crippen LogP contribution in [0.5, 0.6) is 0 Å². The van der Waals surface area contributed by atoms with Crippen LogP contribution in [-0.2, 0) is 15.6 Å². The molecular weight excluding hydrogens is 328 g/mol. The van der Waals surface area contributed by atoms with E-state index < -0.39 is 0 Å². The summed E-state index contributed by atoms with van der Waals surface area (Å²) in [6.45, 7) is 14.6. The Bertz CT molecular complexity index is 811. The predicted molar refractivity (Wildman–Crippen MR) is 117 cm³/mol. The summed E-state index contributed by atoms with van der Waals surface area (Å²) < 4.78 is 6.32. The van der Waals surface area contributed by atoms with Gasteiger partial charge in [-0.05, 0) is 53.0 Å². The van der Waals surface area contributed by atoms with E-state index in [9.17, 15) is 0 Å². The molecule has 1 unspecified atom stereocenters. The van der Waals surface area contributed by atoms with Crippen LogP contribution in [0.25, 0.3) is 11.6 Å². The van der Waals surface area contributed by atoms with Gasteiger partial charge in [-0.15, -0.1) is 0 Å². The summed E-state index contributed by atoms with van der Waals surface area (Å²) in [5, 5.41) is 0. The van der Waals surface area contributed by atoms with E-state index in [0.29, 0.717) is 0 Å². The molecule has 1 aliphatic carbocycles. The van der Waals surface area contributed by atoms with Gasteiger partial charge in [-0.2, -0.15) is 0 Å². The molecular formula is C26H34O. The zero-order valence-electron chi connectivity index (χ0n) is 17.8. The Morgan fingerprint density at radius 3 is 2.41 bits per heavy atom. The molecule has 0 spiro atoms. The van der Waals surface area contributed by atoms with Crippen molar-refractivity contribution in [2.24, 2.45) is 0 Å². The highest BCUT2D eigenvalue weighted by Crippen LogP contribution is 2.47. The largest absolute Gasteiger partial charge is 0.377 e. The second-order valence-electron chi connectivity index (χ2n) is 9.17. The Hall–Kier alpha value is -1.86. The van der Waals surface area contributed by atoms with E-state index in [1.54, 1.807) is 0 Å². The van der Waals surface area contributed by atoms with Gasteiger partial charge in [-0.3, -0.25) is 0 Å². The maximum Gasteiger partial charge on any atom is 0.0674 e. The van der Waals surface area contributed by atoms with E-state index in [-0.39, 0.29) is 16.9 Å². The van der Waals surface area contributed by atoms with E-state index in [2.05, 4.69) is 96.1 Å². The number of hydrogen-bond acceptors (Lipinski definition) is 1. The van der Waals surface area contributed by atoms with Gasteiger partial charge in [0.05, 0.1) is 6.10 Å². The molecule has 0 aromatic heterocycles. The van der Waals surface area contributed by atoms with Crippen LogP contribution in [0.15, 0.2) is 48.5 Å². The quantitative estimate of drug-likeness (QED) is 0.520. The summed E-state index contributed by atoms with van der Waals surface area (Å²) in [4.78, 5) is 0. The van der Waals surface area contributed by atoms with Crippen LogP contribution >= 0.6 is 0 Å². The molecule has 0 bridgehead atoms. The lowest BCUT2D eigenvalue weighted by molar-refractivity contribution is -0.0185. The van der Waals surface area contributed by atoms with Crippen LogP contribution in [0.2, 0.25) is 0 Å². The first-order chi connectivity index (χ1) is 12.8. The van der Waals surface area contributed by atoms with Crippen molar-refractivity contribution < 1.29 is 4.74 Å². The number of ether oxygens (including phenoxy) is 1. The van der Waals surface area contributed by atoms with Crippen molar-refractivity contribution in [3.63, 3.8) is 0 Å². The molecule has 144 valence electrons. The first-order valence-corrected chi connectivity index (χ1v) is 10.3. The lowest BCUT2D eigenvalue weighted by atomic mass is 9.61. The van der Waals surface area contributed by atoms with Crippen LogP contribution in [0.4, 0.5) is 0 Å². The Kier molecular flexibility index (Phi) is 5.63. The molecule has 1 heteroatoms. The zero-order valence-corrected chi connectivity index (χ0v) is 17.8. The fraction of sp³-hybridized carbons (Fsp3) is 0.462. The minimum atomic E-state index is 0.0169. The molecule has 1 nitrogen and oxygen atoms in total. The van der Waals surface area contributed by atoms with Crippen molar-refractivity contribution >= 4 is 11.6 Å². The molecule has 0 saturated heterocycles. The Labute approximate surface area is 165 Å². The van der Waals surface area contributed by atoms with Crippen molar-refractivity contribution in [1.29, 1.82) is 0 Å². The van der Waals surface area contributed by atoms with Gasteiger partial charge in [0, 0.05) is 12.0 Å². The summed E-state index contributed by atoms with van der Waals surface area (Å²) in [6.07, 6.45) is 4.67. The highest BCUT2D eigenvalue weighted by atomic mass is 16.5. The van der Waals surface area contributed by atoms with Gasteiger partial charge in [0.25, 0.3) is 0 Å². The van der Waals surface area contributed by atoms with E-state index in [4.69, 9.17) is 4.74 Å². The van der Waals surface area contributed by atoms with Gasteiger partial charge >= 0.3 is 0 Å². The van der Waals surface area contributed by atoms with Crippen molar-refractivity contribution in [3.8, 4) is 0 Å². The Morgan fingerprint density at radius 1 is 1.04 bits per heavy atom. The van der Waals surface area contributed by atoms with Crippen molar-refractivity contribution in [1.82, 2.24) is 0 Å². The molecule has 27 heavy (non-hydrogen) atoms. The van der Waals surface area contributed by atoms with Crippen LogP contribution in [-0.4, -0.2) is 12.7 Å². The van der Waals surface area contributed by atoms with E-state index in [0.717, 1.165) is 19.4 Å². The number of rotatable bonds is 5. The molecule has 0 radical (unpaired) electrons. The smallest absolute Gasteiger partial charge is 0.0674 e. The maximum atomic E-state index is 6.32. The Balaban J connectivity index is 2.03. The second-order valence-corrected chi connectivity index (χ2v) is 9.17. The van der Waals surface area contributed by atoms with Gasteiger partial charge in [-0.1, -0.05) is 89.2 Å². The number of benzene rings is 2. The molecule has 0 fully saturated rings. The molecule has 1 aliphatic rings. The number of hydrogen-bond donors (Lipinski definition) is 0. The molecule has 0 N–H and O–H groups in total. The van der Waals surface area contributed by atoms with Crippen molar-refractivity contribution in [2.75, 3.05) is 6.61 Å². The van der Waals surface area contributed by atoms with Gasteiger partial charge in [0.15, 0.2) is 0 Å². The standard InChI is InChI=1S/C26H34O/c1-7-15-27-24-18-25(3,4)22-14-13-21(17-23(22)26(24,5)6)19(2)16-20-11-9-8-10-12-20/h8-14,16-17,24H,7,15,18H2,1-6H3/b19-16+. The Morgan fingerprint density at radius 2 is 1.74 bits per heavy atom. The van der Waals surface area contributed by atoms with Crippen molar-refractivity contribution in [2.45, 2.75) is 71.3 Å². The summed E-state index contributed by atoms with van der Waals surface area (Å²) >= 11 is 0. The maximum absolute atomic E-state index is 6.32. The predicted octanol–water partition coefficient (Wildman–Crippen LogP) is 7.00. The molecule has 0 aliphatic heterocycles. The summed E-state index contributed by atoms with van der Waals surface area (Å²) in [6, 6.07) is 17.6. The molecule has 0 saturated carbocycles. The van der Waals surface area contributed by atoms with Crippen LogP contribution < -0.4 is 0 Å². The third-order valence-electron chi connectivity index (χ3n) is 6.10. The minimum absolute atomic E-state index is 0.0169. The lowest BCUT2D eigenvalue weighted by Gasteiger charge is -2.47. The van der Waals surface area contributed by atoms with Gasteiger partial charge in [0.2, 0.25) is 0 Å². The van der Waals surface area contributed by atoms with E-state index in [1.807, 2.05) is 0 Å². The topological polar surface area (TPSA) is 9.23 Å². The van der Waals surface area contributed by atoms with Gasteiger partial charge in [-0.25, -0.2) is 0 Å². The van der Waals surface area contributed by atoms with E-state index in [1.165, 1.54) is 27.8 Å². The van der Waals surface area contributed by atoms with Crippen LogP contribution in [0.1, 0.15) is 76.6 Å². The molecule has 0 heterocycles. The summed E-state index contributed by atoms with van der Waals surface area (Å²) in [5.41, 5.74) is 6.92. The summed E-state index contributed by atoms with van der Waals surface area (Å²) in [5.74, 6) is 0. The van der Waals surface area contributed by atoms with E-state index >= 15 is 0 Å². The summed E-state index contributed by atoms with van der Waals surface area (Å²) in [7, 11) is 0. The molecule has 0 amide bonds. The first kappa shape index (κ1) is 19.9. The average Bonchev–Trinajstić information content (AvgIpc) is 2.64. The highest BCUT2D eigenvalue weighted by Gasteiger charge is 2.44. The fourth-order valence-corrected chi connectivity index (χ4v) is 4.32. The number of allylic oxidation sites excluding steroid dienone is 1. The molecule has 2 aromatic rings. The molecule has 3 rings (SSSR count). The average molecular weight is 363 g/mol. The molecule has 2 aromatic carbocycles. The number of fused-ring (bicyclic) bond motifs is 1. The van der Waals surface area contributed by atoms with Crippen LogP contribution in [0, 0.1) is 0 Å². The monoisotopic (exact) mass is 362 g/mol. The second kappa shape index (κ2) is 7.64. The normalized spacial score (nSPS) is 21.0. The SMILES string of the molecule is CCCOC1CC(C)(C)c2ccc(/C(C)=C/c3ccccc3)cc2C1(C)C.